The van der Waals surface area contributed by atoms with Crippen LogP contribution in [-0.2, 0) is 17.8 Å². The van der Waals surface area contributed by atoms with Gasteiger partial charge in [0.15, 0.2) is 0 Å². The molecule has 4 heterocycles. The number of fused-ring (bicyclic) bond motifs is 4. The van der Waals surface area contributed by atoms with Gasteiger partial charge in [0.25, 0.3) is 0 Å². The van der Waals surface area contributed by atoms with E-state index < -0.39 is 0 Å². The highest BCUT2D eigenvalue weighted by Crippen LogP contribution is 2.50. The molecule has 3 aliphatic heterocycles. The fourth-order valence-electron chi connectivity index (χ4n) is 7.14. The van der Waals surface area contributed by atoms with Crippen LogP contribution in [0.5, 0.6) is 11.8 Å². The molecule has 8 heteroatoms. The van der Waals surface area contributed by atoms with Crippen LogP contribution in [0.25, 0.3) is 10.8 Å². The molecular weight excluding hydrogens is 514 g/mol. The lowest BCUT2D eigenvalue weighted by atomic mass is 9.92. The Hall–Kier alpha value is -3.38. The second-order valence-corrected chi connectivity index (χ2v) is 12.7. The molecule has 2 saturated heterocycles. The van der Waals surface area contributed by atoms with E-state index in [1.165, 1.54) is 12.8 Å². The van der Waals surface area contributed by atoms with Gasteiger partial charge in [-0.05, 0) is 75.9 Å². The van der Waals surface area contributed by atoms with Crippen molar-refractivity contribution in [1.29, 1.82) is 0 Å². The molecule has 0 amide bonds. The first-order valence-corrected chi connectivity index (χ1v) is 14.9. The van der Waals surface area contributed by atoms with E-state index in [0.29, 0.717) is 43.8 Å². The van der Waals surface area contributed by atoms with Crippen molar-refractivity contribution in [3.8, 4) is 24.1 Å². The van der Waals surface area contributed by atoms with Gasteiger partial charge in [0.2, 0.25) is 0 Å². The molecule has 1 aliphatic carbocycles. The summed E-state index contributed by atoms with van der Waals surface area (Å²) >= 11 is 0. The van der Waals surface area contributed by atoms with Gasteiger partial charge in [-0.1, -0.05) is 18.1 Å². The van der Waals surface area contributed by atoms with Crippen molar-refractivity contribution in [1.82, 2.24) is 20.2 Å². The summed E-state index contributed by atoms with van der Waals surface area (Å²) in [6, 6.07) is 11.2. The average molecular weight is 554 g/mol. The molecule has 214 valence electrons. The highest BCUT2D eigenvalue weighted by atomic mass is 16.5. The minimum atomic E-state index is -0.301. The smallest absolute Gasteiger partial charge is 0.318 e. The van der Waals surface area contributed by atoms with Gasteiger partial charge in [0.1, 0.15) is 11.6 Å². The van der Waals surface area contributed by atoms with E-state index in [1.54, 1.807) is 12.1 Å². The molecule has 4 unspecified atom stereocenters. The van der Waals surface area contributed by atoms with Crippen molar-refractivity contribution < 1.29 is 14.6 Å². The molecule has 8 nitrogen and oxygen atoms in total. The van der Waals surface area contributed by atoms with E-state index >= 15 is 0 Å². The van der Waals surface area contributed by atoms with Gasteiger partial charge in [-0.2, -0.15) is 9.97 Å². The highest BCUT2D eigenvalue weighted by Gasteiger charge is 2.49. The maximum absolute atomic E-state index is 10.6. The van der Waals surface area contributed by atoms with Gasteiger partial charge in [-0.15, -0.1) is 6.42 Å². The Morgan fingerprint density at radius 3 is 2.71 bits per heavy atom. The number of nitrogens with zero attached hydrogens (tertiary/aromatic N) is 4. The SMILES string of the molecule is C#Cc1cccc2cc(O)cc(C3Cc4nc(OCC5(C(C)N(C)C)CC5)nc(N5CC6CCC(C5)N6)c4CO3)c12. The van der Waals surface area contributed by atoms with Crippen LogP contribution in [0.3, 0.4) is 0 Å². The first-order chi connectivity index (χ1) is 19.8. The third kappa shape index (κ3) is 4.80. The van der Waals surface area contributed by atoms with Gasteiger partial charge < -0.3 is 29.7 Å². The molecule has 3 aromatic rings. The number of anilines is 1. The maximum Gasteiger partial charge on any atom is 0.318 e. The molecule has 0 spiro atoms. The molecular formula is C33H39N5O3. The molecule has 2 N–H and O–H groups in total. The van der Waals surface area contributed by atoms with E-state index in [9.17, 15) is 5.11 Å². The second-order valence-electron chi connectivity index (χ2n) is 12.7. The van der Waals surface area contributed by atoms with Crippen LogP contribution >= 0.6 is 0 Å². The molecule has 41 heavy (non-hydrogen) atoms. The number of benzene rings is 2. The molecule has 1 aromatic heterocycles. The lowest BCUT2D eigenvalue weighted by molar-refractivity contribution is 0.0263. The summed E-state index contributed by atoms with van der Waals surface area (Å²) in [6.45, 7) is 5.13. The number of piperazine rings is 1. The summed E-state index contributed by atoms with van der Waals surface area (Å²) < 4.78 is 13.0. The quantitative estimate of drug-likeness (QED) is 0.422. The van der Waals surface area contributed by atoms with Crippen LogP contribution in [0.1, 0.15) is 61.1 Å². The first kappa shape index (κ1) is 26.5. The number of aromatic hydroxyl groups is 1. The monoisotopic (exact) mass is 553 g/mol. The Morgan fingerprint density at radius 1 is 1.22 bits per heavy atom. The summed E-state index contributed by atoms with van der Waals surface area (Å²) in [5.74, 6) is 3.96. The number of phenolic OH excluding ortho intramolecular Hbond substituents is 1. The van der Waals surface area contributed by atoms with Gasteiger partial charge in [0, 0.05) is 59.6 Å². The summed E-state index contributed by atoms with van der Waals surface area (Å²) in [5.41, 5.74) is 3.82. The predicted molar refractivity (Wildman–Crippen MR) is 159 cm³/mol. The van der Waals surface area contributed by atoms with Crippen LogP contribution in [0, 0.1) is 17.8 Å². The third-order valence-electron chi connectivity index (χ3n) is 9.91. The number of hydrogen-bond acceptors (Lipinski definition) is 8. The predicted octanol–water partition coefficient (Wildman–Crippen LogP) is 4.18. The molecule has 0 radical (unpaired) electrons. The molecule has 1 saturated carbocycles. The first-order valence-electron chi connectivity index (χ1n) is 14.9. The van der Waals surface area contributed by atoms with Crippen LogP contribution in [0.2, 0.25) is 0 Å². The van der Waals surface area contributed by atoms with Crippen molar-refractivity contribution in [2.75, 3.05) is 38.7 Å². The molecule has 4 atom stereocenters. The largest absolute Gasteiger partial charge is 0.508 e. The Labute approximate surface area is 242 Å². The number of phenols is 1. The fourth-order valence-corrected chi connectivity index (χ4v) is 7.14. The van der Waals surface area contributed by atoms with Crippen LogP contribution in [0.15, 0.2) is 30.3 Å². The third-order valence-corrected chi connectivity index (χ3v) is 9.91. The summed E-state index contributed by atoms with van der Waals surface area (Å²) in [6.07, 6.45) is 10.8. The van der Waals surface area contributed by atoms with E-state index in [2.05, 4.69) is 42.1 Å². The Bertz CT molecular complexity index is 1520. The topological polar surface area (TPSA) is 83.0 Å². The minimum absolute atomic E-state index is 0.148. The van der Waals surface area contributed by atoms with Crippen LogP contribution in [-0.4, -0.2) is 71.9 Å². The minimum Gasteiger partial charge on any atom is -0.508 e. The molecule has 2 aromatic carbocycles. The van der Waals surface area contributed by atoms with E-state index in [-0.39, 0.29) is 17.3 Å². The van der Waals surface area contributed by atoms with Crippen LogP contribution in [0.4, 0.5) is 5.82 Å². The van der Waals surface area contributed by atoms with Gasteiger partial charge in [-0.25, -0.2) is 0 Å². The van der Waals surface area contributed by atoms with Crippen molar-refractivity contribution in [3.63, 3.8) is 0 Å². The molecule has 3 fully saturated rings. The standard InChI is InChI=1S/C33H39N5O3/c1-5-21-7-6-8-22-13-25(39)14-26(30(21)22)29-15-28-27(18-40-29)31(38-16-23-9-10-24(17-38)34-23)36-32(35-28)41-19-33(11-12-33)20(2)37(3)4/h1,6-8,13-14,20,23-24,29,34,39H,9-12,15-19H2,2-4H3. The normalized spacial score (nSPS) is 25.1. The van der Waals surface area contributed by atoms with Crippen molar-refractivity contribution in [2.45, 2.75) is 69.9 Å². The van der Waals surface area contributed by atoms with E-state index in [4.69, 9.17) is 25.9 Å². The summed E-state index contributed by atoms with van der Waals surface area (Å²) in [4.78, 5) is 14.7. The zero-order valence-corrected chi connectivity index (χ0v) is 24.2. The summed E-state index contributed by atoms with van der Waals surface area (Å²) in [7, 11) is 4.27. The lowest BCUT2D eigenvalue weighted by Gasteiger charge is -2.36. The number of terminal acetylenes is 1. The number of nitrogens with one attached hydrogen (secondary N) is 1. The second kappa shape index (κ2) is 10.2. The molecule has 4 aliphatic rings. The zero-order valence-electron chi connectivity index (χ0n) is 24.2. The van der Waals surface area contributed by atoms with Gasteiger partial charge >= 0.3 is 6.01 Å². The van der Waals surface area contributed by atoms with Crippen molar-refractivity contribution >= 4 is 16.6 Å². The van der Waals surface area contributed by atoms with E-state index in [0.717, 1.165) is 64.9 Å². The fraction of sp³-hybridized carbons (Fsp3) is 0.515. The molecule has 7 rings (SSSR count). The highest BCUT2D eigenvalue weighted by molar-refractivity contribution is 5.92. The van der Waals surface area contributed by atoms with Crippen LogP contribution < -0.4 is 15.0 Å². The van der Waals surface area contributed by atoms with Crippen molar-refractivity contribution in [2.24, 2.45) is 5.41 Å². The number of rotatable bonds is 7. The number of hydrogen-bond donors (Lipinski definition) is 2. The van der Waals surface area contributed by atoms with Gasteiger partial charge in [0.05, 0.1) is 25.0 Å². The lowest BCUT2D eigenvalue weighted by Crippen LogP contribution is -2.51. The Kier molecular flexibility index (Phi) is 6.57. The average Bonchev–Trinajstić information content (AvgIpc) is 3.70. The Balaban J connectivity index is 1.25. The maximum atomic E-state index is 10.6. The number of aromatic nitrogens is 2. The Morgan fingerprint density at radius 2 is 2.00 bits per heavy atom. The van der Waals surface area contributed by atoms with Crippen molar-refractivity contribution in [3.05, 3.63) is 52.7 Å². The van der Waals surface area contributed by atoms with Gasteiger partial charge in [-0.3, -0.25) is 0 Å². The zero-order chi connectivity index (χ0) is 28.3. The van der Waals surface area contributed by atoms with E-state index in [1.807, 2.05) is 18.2 Å². The number of ether oxygens (including phenoxy) is 2. The molecule has 2 bridgehead atoms. The summed E-state index contributed by atoms with van der Waals surface area (Å²) in [5, 5.41) is 16.2.